The average molecular weight is 315 g/mol. The fourth-order valence-corrected chi connectivity index (χ4v) is 3.85. The van der Waals surface area contributed by atoms with Gasteiger partial charge in [0.15, 0.2) is 0 Å². The molecule has 2 aromatic rings. The Morgan fingerprint density at radius 2 is 2.50 bits per heavy atom. The third-order valence-electron chi connectivity index (χ3n) is 3.90. The Labute approximate surface area is 132 Å². The van der Waals surface area contributed by atoms with Crippen LogP contribution in [0.25, 0.3) is 0 Å². The van der Waals surface area contributed by atoms with E-state index >= 15 is 0 Å². The Bertz CT molecular complexity index is 713. The number of hydrogen-bond donors (Lipinski definition) is 2. The number of carbonyl (C=O) groups is 1. The van der Waals surface area contributed by atoms with E-state index in [0.29, 0.717) is 17.0 Å². The number of nitriles is 1. The highest BCUT2D eigenvalue weighted by molar-refractivity contribution is 7.16. The number of rotatable bonds is 4. The molecule has 1 aliphatic heterocycles. The summed E-state index contributed by atoms with van der Waals surface area (Å²) in [7, 11) is 0. The molecule has 2 N–H and O–H groups in total. The summed E-state index contributed by atoms with van der Waals surface area (Å²) in [4.78, 5) is 13.4. The summed E-state index contributed by atoms with van der Waals surface area (Å²) >= 11 is 1.50. The van der Waals surface area contributed by atoms with Crippen LogP contribution in [-0.2, 0) is 17.8 Å². The molecule has 1 aliphatic rings. The van der Waals surface area contributed by atoms with Crippen molar-refractivity contribution in [1.82, 2.24) is 5.32 Å². The van der Waals surface area contributed by atoms with E-state index < -0.39 is 0 Å². The maximum absolute atomic E-state index is 12.2. The van der Waals surface area contributed by atoms with E-state index in [-0.39, 0.29) is 11.8 Å². The normalized spacial score (nSPS) is 14.9. The first-order valence-electron chi connectivity index (χ1n) is 7.26. The third kappa shape index (κ3) is 2.91. The molecule has 2 aromatic heterocycles. The molecule has 3 heterocycles. The largest absolute Gasteiger partial charge is 0.472 e. The van der Waals surface area contributed by atoms with Crippen molar-refractivity contribution < 1.29 is 9.21 Å². The van der Waals surface area contributed by atoms with Gasteiger partial charge in [-0.05, 0) is 36.1 Å². The lowest BCUT2D eigenvalue weighted by atomic mass is 10.0. The van der Waals surface area contributed by atoms with Crippen molar-refractivity contribution in [3.63, 3.8) is 0 Å². The van der Waals surface area contributed by atoms with Crippen LogP contribution in [0, 0.1) is 11.3 Å². The third-order valence-corrected chi connectivity index (χ3v) is 5.04. The zero-order chi connectivity index (χ0) is 15.5. The van der Waals surface area contributed by atoms with Gasteiger partial charge in [0.25, 0.3) is 0 Å². The molecular weight excluding hydrogens is 298 g/mol. The second-order valence-corrected chi connectivity index (χ2v) is 6.56. The quantitative estimate of drug-likeness (QED) is 0.909. The van der Waals surface area contributed by atoms with E-state index in [2.05, 4.69) is 16.7 Å². The number of thiophene rings is 1. The highest BCUT2D eigenvalue weighted by Crippen LogP contribution is 2.35. The molecule has 0 aromatic carbocycles. The summed E-state index contributed by atoms with van der Waals surface area (Å²) in [6.07, 6.45) is 4.48. The summed E-state index contributed by atoms with van der Waals surface area (Å²) in [6.45, 7) is 3.64. The number of carbonyl (C=O) groups excluding carboxylic acids is 1. The molecule has 3 rings (SSSR count). The molecule has 0 aliphatic carbocycles. The van der Waals surface area contributed by atoms with Crippen molar-refractivity contribution in [3.05, 3.63) is 40.2 Å². The number of furan rings is 1. The lowest BCUT2D eigenvalue weighted by molar-refractivity contribution is -0.116. The maximum Gasteiger partial charge on any atom is 0.225 e. The zero-order valence-electron chi connectivity index (χ0n) is 12.3. The van der Waals surface area contributed by atoms with Crippen LogP contribution in [0.3, 0.4) is 0 Å². The molecular formula is C16H17N3O2S. The molecule has 22 heavy (non-hydrogen) atoms. The van der Waals surface area contributed by atoms with Crippen molar-refractivity contribution >= 4 is 22.2 Å². The second kappa shape index (κ2) is 6.34. The van der Waals surface area contributed by atoms with Crippen LogP contribution in [0.5, 0.6) is 0 Å². The number of amides is 1. The van der Waals surface area contributed by atoms with Gasteiger partial charge >= 0.3 is 0 Å². The second-order valence-electron chi connectivity index (χ2n) is 5.46. The van der Waals surface area contributed by atoms with E-state index in [1.807, 2.05) is 13.0 Å². The summed E-state index contributed by atoms with van der Waals surface area (Å²) in [6, 6.07) is 4.11. The first kappa shape index (κ1) is 14.8. The number of fused-ring (bicyclic) bond motifs is 1. The Kier molecular flexibility index (Phi) is 4.27. The van der Waals surface area contributed by atoms with Gasteiger partial charge in [-0.2, -0.15) is 5.26 Å². The molecule has 5 nitrogen and oxygen atoms in total. The minimum atomic E-state index is -0.0724. The monoisotopic (exact) mass is 315 g/mol. The van der Waals surface area contributed by atoms with Gasteiger partial charge in [0.2, 0.25) is 5.91 Å². The number of nitrogens with zero attached hydrogens (tertiary/aromatic N) is 1. The lowest BCUT2D eigenvalue weighted by Gasteiger charge is -2.11. The summed E-state index contributed by atoms with van der Waals surface area (Å²) in [5.41, 5.74) is 2.72. The Balaban J connectivity index is 1.72. The van der Waals surface area contributed by atoms with Gasteiger partial charge in [-0.15, -0.1) is 11.3 Å². The van der Waals surface area contributed by atoms with E-state index in [1.165, 1.54) is 11.3 Å². The standard InChI is InChI=1S/C16H17N3O2S/c1-10(11-3-5-21-9-11)6-15(20)19-16-13(7-17)12-2-4-18-8-14(12)22-16/h3,5,9-10,18H,2,4,6,8H2,1H3,(H,19,20)/t10-/m0/s1. The van der Waals surface area contributed by atoms with Gasteiger partial charge in [-0.3, -0.25) is 4.79 Å². The van der Waals surface area contributed by atoms with Crippen LogP contribution < -0.4 is 10.6 Å². The minimum absolute atomic E-state index is 0.0724. The summed E-state index contributed by atoms with van der Waals surface area (Å²) in [5, 5.41) is 16.3. The molecule has 0 radical (unpaired) electrons. The molecule has 6 heteroatoms. The van der Waals surface area contributed by atoms with Gasteiger partial charge in [0.05, 0.1) is 18.1 Å². The maximum atomic E-state index is 12.2. The lowest BCUT2D eigenvalue weighted by Crippen LogP contribution is -2.22. The van der Waals surface area contributed by atoms with Crippen molar-refractivity contribution in [3.8, 4) is 6.07 Å². The Morgan fingerprint density at radius 3 is 3.23 bits per heavy atom. The van der Waals surface area contributed by atoms with Gasteiger partial charge in [-0.1, -0.05) is 6.92 Å². The molecule has 0 spiro atoms. The molecule has 0 bridgehead atoms. The van der Waals surface area contributed by atoms with Gasteiger partial charge in [0.1, 0.15) is 11.1 Å². The van der Waals surface area contributed by atoms with Crippen molar-refractivity contribution in [2.24, 2.45) is 0 Å². The first-order valence-corrected chi connectivity index (χ1v) is 8.08. The van der Waals surface area contributed by atoms with Gasteiger partial charge < -0.3 is 15.1 Å². The van der Waals surface area contributed by atoms with Gasteiger partial charge in [0, 0.05) is 17.8 Å². The molecule has 0 saturated carbocycles. The van der Waals surface area contributed by atoms with Gasteiger partial charge in [-0.25, -0.2) is 0 Å². The highest BCUT2D eigenvalue weighted by atomic mass is 32.1. The SMILES string of the molecule is C[C@@H](CC(=O)Nc1sc2c(c1C#N)CCNC2)c1ccoc1. The molecule has 0 saturated heterocycles. The van der Waals surface area contributed by atoms with Crippen LogP contribution in [0.1, 0.15) is 40.8 Å². The Hall–Kier alpha value is -2.10. The number of anilines is 1. The van der Waals surface area contributed by atoms with E-state index in [1.54, 1.807) is 12.5 Å². The summed E-state index contributed by atoms with van der Waals surface area (Å²) in [5.74, 6) is 0.0114. The highest BCUT2D eigenvalue weighted by Gasteiger charge is 2.22. The minimum Gasteiger partial charge on any atom is -0.472 e. The first-order chi connectivity index (χ1) is 10.7. The van der Waals surface area contributed by atoms with E-state index in [9.17, 15) is 10.1 Å². The number of hydrogen-bond acceptors (Lipinski definition) is 5. The van der Waals surface area contributed by atoms with E-state index in [4.69, 9.17) is 4.42 Å². The van der Waals surface area contributed by atoms with Crippen LogP contribution in [0.4, 0.5) is 5.00 Å². The van der Waals surface area contributed by atoms with Crippen LogP contribution in [0.15, 0.2) is 23.0 Å². The predicted molar refractivity (Wildman–Crippen MR) is 84.8 cm³/mol. The Morgan fingerprint density at radius 1 is 1.64 bits per heavy atom. The van der Waals surface area contributed by atoms with Crippen molar-refractivity contribution in [2.45, 2.75) is 32.2 Å². The average Bonchev–Trinajstić information content (AvgIpc) is 3.14. The van der Waals surface area contributed by atoms with Crippen molar-refractivity contribution in [2.75, 3.05) is 11.9 Å². The molecule has 1 amide bonds. The van der Waals surface area contributed by atoms with Crippen LogP contribution in [0.2, 0.25) is 0 Å². The molecule has 114 valence electrons. The van der Waals surface area contributed by atoms with Crippen LogP contribution >= 0.6 is 11.3 Å². The zero-order valence-corrected chi connectivity index (χ0v) is 13.1. The predicted octanol–water partition coefficient (Wildman–Crippen LogP) is 2.99. The fourth-order valence-electron chi connectivity index (χ4n) is 2.67. The molecule has 0 fully saturated rings. The topological polar surface area (TPSA) is 78.1 Å². The van der Waals surface area contributed by atoms with Crippen LogP contribution in [-0.4, -0.2) is 12.5 Å². The van der Waals surface area contributed by atoms with Crippen molar-refractivity contribution in [1.29, 1.82) is 5.26 Å². The number of nitrogens with one attached hydrogen (secondary N) is 2. The molecule has 1 atom stereocenters. The molecule has 0 unspecified atom stereocenters. The summed E-state index contributed by atoms with van der Waals surface area (Å²) < 4.78 is 5.05. The van der Waals surface area contributed by atoms with E-state index in [0.717, 1.165) is 35.5 Å². The fraction of sp³-hybridized carbons (Fsp3) is 0.375. The smallest absolute Gasteiger partial charge is 0.225 e.